The number of rotatable bonds is 4. The first kappa shape index (κ1) is 16.8. The van der Waals surface area contributed by atoms with Gasteiger partial charge in [0.05, 0.1) is 11.7 Å². The van der Waals surface area contributed by atoms with Gasteiger partial charge in [0.15, 0.2) is 0 Å². The van der Waals surface area contributed by atoms with E-state index < -0.39 is 23.7 Å². The second-order valence-corrected chi connectivity index (χ2v) is 6.49. The van der Waals surface area contributed by atoms with Gasteiger partial charge in [0.2, 0.25) is 0 Å². The highest BCUT2D eigenvalue weighted by Crippen LogP contribution is 2.19. The molecule has 0 unspecified atom stereocenters. The average Bonchev–Trinajstić information content (AvgIpc) is 2.84. The largest absolute Gasteiger partial charge is 0.480 e. The number of fused-ring (bicyclic) bond motifs is 1. The third kappa shape index (κ3) is 4.45. The Morgan fingerprint density at radius 3 is 2.70 bits per heavy atom. The minimum Gasteiger partial charge on any atom is -0.480 e. The van der Waals surface area contributed by atoms with E-state index in [1.54, 1.807) is 27.0 Å². The summed E-state index contributed by atoms with van der Waals surface area (Å²) in [6.45, 7) is 7.08. The first-order valence-electron chi connectivity index (χ1n) is 7.30. The third-order valence-corrected chi connectivity index (χ3v) is 3.23. The van der Waals surface area contributed by atoms with Crippen LogP contribution in [0.1, 0.15) is 31.9 Å². The van der Waals surface area contributed by atoms with E-state index in [1.807, 2.05) is 19.1 Å². The molecule has 23 heavy (non-hydrogen) atoms. The van der Waals surface area contributed by atoms with Crippen LogP contribution in [-0.2, 0) is 16.0 Å². The van der Waals surface area contributed by atoms with Crippen LogP contribution in [0.5, 0.6) is 0 Å². The van der Waals surface area contributed by atoms with E-state index in [9.17, 15) is 14.7 Å². The molecule has 0 fully saturated rings. The number of amides is 1. The van der Waals surface area contributed by atoms with Crippen LogP contribution >= 0.6 is 0 Å². The van der Waals surface area contributed by atoms with E-state index in [-0.39, 0.29) is 6.42 Å². The molecule has 0 bridgehead atoms. The quantitative estimate of drug-likeness (QED) is 0.802. The fourth-order valence-corrected chi connectivity index (χ4v) is 2.32. The van der Waals surface area contributed by atoms with E-state index in [4.69, 9.17) is 4.74 Å². The molecule has 1 heterocycles. The Balaban J connectivity index is 2.15. The van der Waals surface area contributed by atoms with Crippen LogP contribution in [0.15, 0.2) is 18.3 Å². The van der Waals surface area contributed by atoms with E-state index in [0.717, 1.165) is 22.0 Å². The van der Waals surface area contributed by atoms with Gasteiger partial charge in [-0.15, -0.1) is 0 Å². The van der Waals surface area contributed by atoms with Gasteiger partial charge in [0, 0.05) is 11.8 Å². The van der Waals surface area contributed by atoms with E-state index in [1.165, 1.54) is 0 Å². The molecule has 0 radical (unpaired) electrons. The summed E-state index contributed by atoms with van der Waals surface area (Å²) in [5.74, 6) is -1.11. The van der Waals surface area contributed by atoms with Gasteiger partial charge in [-0.05, 0) is 44.9 Å². The van der Waals surface area contributed by atoms with Gasteiger partial charge in [0.25, 0.3) is 0 Å². The number of nitrogens with zero attached hydrogens (tertiary/aromatic N) is 1. The number of alkyl carbamates (subject to hydrolysis) is 1. The number of hydrogen-bond acceptors (Lipinski definition) is 4. The number of hydrogen-bond donors (Lipinski definition) is 3. The van der Waals surface area contributed by atoms with Crippen molar-refractivity contribution in [3.63, 3.8) is 0 Å². The molecule has 3 N–H and O–H groups in total. The first-order valence-corrected chi connectivity index (χ1v) is 7.30. The summed E-state index contributed by atoms with van der Waals surface area (Å²) in [5, 5.41) is 19.5. The minimum absolute atomic E-state index is 0.163. The molecular weight excluding hydrogens is 298 g/mol. The van der Waals surface area contributed by atoms with Crippen LogP contribution in [0.2, 0.25) is 0 Å². The predicted molar refractivity (Wildman–Crippen MR) is 85.3 cm³/mol. The molecule has 0 aliphatic carbocycles. The first-order chi connectivity index (χ1) is 10.7. The molecule has 2 aromatic rings. The molecule has 0 saturated heterocycles. The van der Waals surface area contributed by atoms with Gasteiger partial charge in [-0.2, -0.15) is 5.10 Å². The van der Waals surface area contributed by atoms with Gasteiger partial charge in [-0.3, -0.25) is 5.10 Å². The van der Waals surface area contributed by atoms with Crippen LogP contribution in [0, 0.1) is 6.92 Å². The molecule has 2 rings (SSSR count). The summed E-state index contributed by atoms with van der Waals surface area (Å²) in [5.41, 5.74) is 2.01. The van der Waals surface area contributed by atoms with Crippen molar-refractivity contribution in [2.75, 3.05) is 0 Å². The summed E-state index contributed by atoms with van der Waals surface area (Å²) in [6, 6.07) is 2.68. The number of H-pyrrole nitrogens is 1. The van der Waals surface area contributed by atoms with Gasteiger partial charge >= 0.3 is 12.1 Å². The Kier molecular flexibility index (Phi) is 4.58. The smallest absolute Gasteiger partial charge is 0.408 e. The predicted octanol–water partition coefficient (Wildman–Crippen LogP) is 2.39. The van der Waals surface area contributed by atoms with Crippen molar-refractivity contribution in [3.05, 3.63) is 29.5 Å². The second kappa shape index (κ2) is 6.28. The lowest BCUT2D eigenvalue weighted by Gasteiger charge is -2.22. The summed E-state index contributed by atoms with van der Waals surface area (Å²) in [4.78, 5) is 23.2. The highest BCUT2D eigenvalue weighted by atomic mass is 16.6. The van der Waals surface area contributed by atoms with Crippen molar-refractivity contribution < 1.29 is 19.4 Å². The maximum absolute atomic E-state index is 11.8. The highest BCUT2D eigenvalue weighted by Gasteiger charge is 2.24. The number of aromatic nitrogens is 2. The number of aliphatic carboxylic acids is 1. The Morgan fingerprint density at radius 2 is 2.09 bits per heavy atom. The monoisotopic (exact) mass is 319 g/mol. The number of carbonyl (C=O) groups excluding carboxylic acids is 1. The maximum atomic E-state index is 11.8. The van der Waals surface area contributed by atoms with Crippen LogP contribution < -0.4 is 5.32 Å². The lowest BCUT2D eigenvalue weighted by atomic mass is 10.0. The van der Waals surface area contributed by atoms with Crippen molar-refractivity contribution in [1.29, 1.82) is 0 Å². The Hall–Kier alpha value is -2.57. The number of carbonyl (C=O) groups is 2. The fourth-order valence-electron chi connectivity index (χ4n) is 2.32. The zero-order chi connectivity index (χ0) is 17.2. The molecule has 7 heteroatoms. The third-order valence-electron chi connectivity index (χ3n) is 3.23. The molecule has 1 aromatic carbocycles. The molecule has 1 amide bonds. The highest BCUT2D eigenvalue weighted by molar-refractivity contribution is 5.83. The topological polar surface area (TPSA) is 104 Å². The second-order valence-electron chi connectivity index (χ2n) is 6.49. The molecule has 1 aromatic heterocycles. The average molecular weight is 319 g/mol. The van der Waals surface area contributed by atoms with Gasteiger partial charge in [0.1, 0.15) is 11.6 Å². The number of carboxylic acid groups (broad SMARTS) is 1. The molecule has 0 spiro atoms. The van der Waals surface area contributed by atoms with Crippen LogP contribution in [0.25, 0.3) is 10.9 Å². The van der Waals surface area contributed by atoms with Crippen molar-refractivity contribution in [2.45, 2.75) is 45.8 Å². The van der Waals surface area contributed by atoms with E-state index >= 15 is 0 Å². The molecular formula is C16H21N3O4. The number of benzene rings is 1. The van der Waals surface area contributed by atoms with Crippen molar-refractivity contribution in [3.8, 4) is 0 Å². The van der Waals surface area contributed by atoms with Gasteiger partial charge < -0.3 is 15.2 Å². The van der Waals surface area contributed by atoms with Crippen molar-refractivity contribution in [1.82, 2.24) is 15.5 Å². The molecule has 0 aliphatic heterocycles. The molecule has 7 nitrogen and oxygen atoms in total. The molecule has 0 saturated carbocycles. The number of aromatic amines is 1. The standard InChI is InChI=1S/C16H21N3O4/c1-9-5-10(6-11-8-17-19-13(9)11)7-12(14(20)21)18-15(22)23-16(2,3)4/h5-6,8,12H,7H2,1-4H3,(H,17,19)(H,18,22)(H,20,21)/t12-/m1/s1. The fraction of sp³-hybridized carbons (Fsp3) is 0.438. The van der Waals surface area contributed by atoms with Gasteiger partial charge in [-0.1, -0.05) is 6.07 Å². The van der Waals surface area contributed by atoms with Crippen LogP contribution in [-0.4, -0.2) is 39.0 Å². The summed E-state index contributed by atoms with van der Waals surface area (Å²) in [6.07, 6.45) is 1.10. The lowest BCUT2D eigenvalue weighted by molar-refractivity contribution is -0.139. The van der Waals surface area contributed by atoms with Gasteiger partial charge in [-0.25, -0.2) is 9.59 Å². The van der Waals surface area contributed by atoms with Crippen molar-refractivity contribution in [2.24, 2.45) is 0 Å². The number of nitrogens with one attached hydrogen (secondary N) is 2. The molecule has 0 aliphatic rings. The number of aryl methyl sites for hydroxylation is 1. The Bertz CT molecular complexity index is 730. The maximum Gasteiger partial charge on any atom is 0.408 e. The zero-order valence-corrected chi connectivity index (χ0v) is 13.6. The molecule has 1 atom stereocenters. The zero-order valence-electron chi connectivity index (χ0n) is 13.6. The number of ether oxygens (including phenoxy) is 1. The van der Waals surface area contributed by atoms with E-state index in [0.29, 0.717) is 0 Å². The SMILES string of the molecule is Cc1cc(C[C@@H](NC(=O)OC(C)(C)C)C(=O)O)cc2cn[nH]c12. The Morgan fingerprint density at radius 1 is 1.39 bits per heavy atom. The van der Waals surface area contributed by atoms with Crippen LogP contribution in [0.3, 0.4) is 0 Å². The summed E-state index contributed by atoms with van der Waals surface area (Å²) in [7, 11) is 0. The lowest BCUT2D eigenvalue weighted by Crippen LogP contribution is -2.44. The minimum atomic E-state index is -1.11. The Labute approximate surface area is 134 Å². The van der Waals surface area contributed by atoms with E-state index in [2.05, 4.69) is 15.5 Å². The van der Waals surface area contributed by atoms with Crippen LogP contribution in [0.4, 0.5) is 4.79 Å². The van der Waals surface area contributed by atoms with Crippen molar-refractivity contribution >= 4 is 23.0 Å². The summed E-state index contributed by atoms with van der Waals surface area (Å²) < 4.78 is 5.11. The normalized spacial score (nSPS) is 12.9. The number of carboxylic acids is 1. The summed E-state index contributed by atoms with van der Waals surface area (Å²) >= 11 is 0. The molecule has 124 valence electrons.